The SMILES string of the molecule is CC(c1cc(N)ccc1C(=O)O)C(C)(C)c1cc(N)ccc1C(=O)O. The molecule has 0 heterocycles. The number of nitrogens with two attached hydrogens (primary N) is 2. The van der Waals surface area contributed by atoms with E-state index in [1.807, 2.05) is 20.8 Å². The normalized spacial score (nSPS) is 12.6. The van der Waals surface area contributed by atoms with Gasteiger partial charge in [-0.1, -0.05) is 20.8 Å². The number of anilines is 2. The van der Waals surface area contributed by atoms with Crippen LogP contribution in [-0.2, 0) is 5.41 Å². The third-order valence-electron chi connectivity index (χ3n) is 4.82. The molecule has 0 aliphatic carbocycles. The first kappa shape index (κ1) is 18.3. The van der Waals surface area contributed by atoms with Crippen LogP contribution >= 0.6 is 0 Å². The zero-order chi connectivity index (χ0) is 18.9. The number of nitrogen functional groups attached to an aromatic ring is 2. The highest BCUT2D eigenvalue weighted by molar-refractivity contribution is 5.91. The van der Waals surface area contributed by atoms with Gasteiger partial charge < -0.3 is 21.7 Å². The second-order valence-electron chi connectivity index (χ2n) is 6.71. The topological polar surface area (TPSA) is 127 Å². The molecule has 0 bridgehead atoms. The lowest BCUT2D eigenvalue weighted by molar-refractivity contribution is 0.0681. The number of carboxylic acids is 2. The lowest BCUT2D eigenvalue weighted by Crippen LogP contribution is -2.29. The molecule has 0 radical (unpaired) electrons. The maximum Gasteiger partial charge on any atom is 0.335 e. The molecule has 2 rings (SSSR count). The van der Waals surface area contributed by atoms with Gasteiger partial charge >= 0.3 is 11.9 Å². The molecule has 6 nitrogen and oxygen atoms in total. The summed E-state index contributed by atoms with van der Waals surface area (Å²) in [5.74, 6) is -2.42. The third kappa shape index (κ3) is 3.42. The van der Waals surface area contributed by atoms with Gasteiger partial charge in [-0.25, -0.2) is 9.59 Å². The molecule has 6 N–H and O–H groups in total. The summed E-state index contributed by atoms with van der Waals surface area (Å²) in [5, 5.41) is 19.0. The lowest BCUT2D eigenvalue weighted by atomic mass is 9.69. The van der Waals surface area contributed by atoms with Crippen molar-refractivity contribution in [3.8, 4) is 0 Å². The molecule has 0 amide bonds. The van der Waals surface area contributed by atoms with E-state index < -0.39 is 17.4 Å². The Balaban J connectivity index is 2.65. The number of rotatable bonds is 5. The molecule has 0 aliphatic rings. The first-order valence-electron chi connectivity index (χ1n) is 7.81. The van der Waals surface area contributed by atoms with E-state index in [0.29, 0.717) is 22.5 Å². The quantitative estimate of drug-likeness (QED) is 0.617. The van der Waals surface area contributed by atoms with Gasteiger partial charge in [0.1, 0.15) is 0 Å². The van der Waals surface area contributed by atoms with E-state index in [4.69, 9.17) is 11.5 Å². The minimum absolute atomic E-state index is 0.145. The van der Waals surface area contributed by atoms with Crippen molar-refractivity contribution in [3.05, 3.63) is 58.7 Å². The molecule has 1 unspecified atom stereocenters. The average molecular weight is 342 g/mol. The van der Waals surface area contributed by atoms with E-state index in [1.54, 1.807) is 12.1 Å². The van der Waals surface area contributed by atoms with Crippen molar-refractivity contribution in [2.75, 3.05) is 11.5 Å². The number of aromatic carboxylic acids is 2. The summed E-state index contributed by atoms with van der Waals surface area (Å²) >= 11 is 0. The lowest BCUT2D eigenvalue weighted by Gasteiger charge is -2.35. The standard InChI is InChI=1S/C19H22N2O4/c1-10(15-8-11(20)4-6-13(15)17(22)23)19(2,3)16-9-12(21)5-7-14(16)18(24)25/h4-10H,20-21H2,1-3H3,(H,22,23)(H,24,25). The molecule has 0 fully saturated rings. The number of hydrogen-bond acceptors (Lipinski definition) is 4. The van der Waals surface area contributed by atoms with Crippen molar-refractivity contribution < 1.29 is 19.8 Å². The van der Waals surface area contributed by atoms with Crippen molar-refractivity contribution in [2.45, 2.75) is 32.1 Å². The Morgan fingerprint density at radius 1 is 0.920 bits per heavy atom. The summed E-state index contributed by atoms with van der Waals surface area (Å²) < 4.78 is 0. The van der Waals surface area contributed by atoms with Crippen LogP contribution in [0.4, 0.5) is 11.4 Å². The van der Waals surface area contributed by atoms with Crippen molar-refractivity contribution in [1.82, 2.24) is 0 Å². The molecular weight excluding hydrogens is 320 g/mol. The van der Waals surface area contributed by atoms with Crippen LogP contribution in [0.3, 0.4) is 0 Å². The van der Waals surface area contributed by atoms with E-state index in [1.165, 1.54) is 24.3 Å². The predicted octanol–water partition coefficient (Wildman–Crippen LogP) is 3.33. The van der Waals surface area contributed by atoms with Crippen LogP contribution < -0.4 is 11.5 Å². The molecule has 0 saturated heterocycles. The maximum atomic E-state index is 11.6. The van der Waals surface area contributed by atoms with Crippen LogP contribution in [0.1, 0.15) is 58.5 Å². The van der Waals surface area contributed by atoms with Gasteiger partial charge in [-0.2, -0.15) is 0 Å². The number of carbonyl (C=O) groups is 2. The minimum atomic E-state index is -1.05. The van der Waals surface area contributed by atoms with Gasteiger partial charge in [0.05, 0.1) is 11.1 Å². The van der Waals surface area contributed by atoms with E-state index in [2.05, 4.69) is 0 Å². The van der Waals surface area contributed by atoms with Gasteiger partial charge in [0.2, 0.25) is 0 Å². The van der Waals surface area contributed by atoms with Gasteiger partial charge in [0.25, 0.3) is 0 Å². The van der Waals surface area contributed by atoms with Crippen LogP contribution in [0.15, 0.2) is 36.4 Å². The smallest absolute Gasteiger partial charge is 0.335 e. The van der Waals surface area contributed by atoms with Crippen LogP contribution in [0, 0.1) is 0 Å². The summed E-state index contributed by atoms with van der Waals surface area (Å²) in [4.78, 5) is 23.2. The Bertz CT molecular complexity index is 843. The van der Waals surface area contributed by atoms with Gasteiger partial charge in [-0.3, -0.25) is 0 Å². The summed E-state index contributed by atoms with van der Waals surface area (Å²) in [5.41, 5.74) is 13.3. The van der Waals surface area contributed by atoms with Crippen molar-refractivity contribution in [2.24, 2.45) is 0 Å². The van der Waals surface area contributed by atoms with Gasteiger partial charge in [-0.05, 0) is 58.9 Å². The number of hydrogen-bond donors (Lipinski definition) is 4. The molecule has 132 valence electrons. The summed E-state index contributed by atoms with van der Waals surface area (Å²) in [6, 6.07) is 9.28. The van der Waals surface area contributed by atoms with Crippen molar-refractivity contribution in [1.29, 1.82) is 0 Å². The Kier molecular flexibility index (Phi) is 4.74. The fraction of sp³-hybridized carbons (Fsp3) is 0.263. The zero-order valence-electron chi connectivity index (χ0n) is 14.4. The minimum Gasteiger partial charge on any atom is -0.478 e. The second-order valence-corrected chi connectivity index (χ2v) is 6.71. The number of carboxylic acid groups (broad SMARTS) is 2. The fourth-order valence-electron chi connectivity index (χ4n) is 3.04. The highest BCUT2D eigenvalue weighted by Crippen LogP contribution is 2.42. The highest BCUT2D eigenvalue weighted by atomic mass is 16.4. The largest absolute Gasteiger partial charge is 0.478 e. The van der Waals surface area contributed by atoms with Crippen LogP contribution in [0.2, 0.25) is 0 Å². The van der Waals surface area contributed by atoms with Crippen LogP contribution in [0.5, 0.6) is 0 Å². The first-order valence-corrected chi connectivity index (χ1v) is 7.81. The van der Waals surface area contributed by atoms with Crippen LogP contribution in [-0.4, -0.2) is 22.2 Å². The van der Waals surface area contributed by atoms with Crippen molar-refractivity contribution >= 4 is 23.3 Å². The molecule has 1 atom stereocenters. The summed E-state index contributed by atoms with van der Waals surface area (Å²) in [6.07, 6.45) is 0. The van der Waals surface area contributed by atoms with Crippen molar-refractivity contribution in [3.63, 3.8) is 0 Å². The molecule has 6 heteroatoms. The molecule has 2 aromatic carbocycles. The predicted molar refractivity (Wildman–Crippen MR) is 97.1 cm³/mol. The van der Waals surface area contributed by atoms with E-state index >= 15 is 0 Å². The summed E-state index contributed by atoms with van der Waals surface area (Å²) in [6.45, 7) is 5.59. The molecule has 25 heavy (non-hydrogen) atoms. The first-order chi connectivity index (χ1) is 11.6. The molecule has 0 spiro atoms. The van der Waals surface area contributed by atoms with Gasteiger partial charge in [0, 0.05) is 11.4 Å². The molecule has 0 aromatic heterocycles. The van der Waals surface area contributed by atoms with E-state index in [0.717, 1.165) is 0 Å². The fourth-order valence-corrected chi connectivity index (χ4v) is 3.04. The highest BCUT2D eigenvalue weighted by Gasteiger charge is 2.34. The Hall–Kier alpha value is -3.02. The zero-order valence-corrected chi connectivity index (χ0v) is 14.4. The second kappa shape index (κ2) is 6.47. The summed E-state index contributed by atoms with van der Waals surface area (Å²) in [7, 11) is 0. The number of benzene rings is 2. The Morgan fingerprint density at radius 3 is 1.92 bits per heavy atom. The molecule has 0 saturated carbocycles. The molecule has 2 aromatic rings. The van der Waals surface area contributed by atoms with E-state index in [-0.39, 0.29) is 17.0 Å². The maximum absolute atomic E-state index is 11.6. The Morgan fingerprint density at radius 2 is 1.40 bits per heavy atom. The average Bonchev–Trinajstić information content (AvgIpc) is 2.53. The third-order valence-corrected chi connectivity index (χ3v) is 4.82. The van der Waals surface area contributed by atoms with Gasteiger partial charge in [0.15, 0.2) is 0 Å². The van der Waals surface area contributed by atoms with E-state index in [9.17, 15) is 19.8 Å². The van der Waals surface area contributed by atoms with Gasteiger partial charge in [-0.15, -0.1) is 0 Å². The monoisotopic (exact) mass is 342 g/mol. The molecule has 0 aliphatic heterocycles. The Labute approximate surface area is 146 Å². The van der Waals surface area contributed by atoms with Crippen LogP contribution in [0.25, 0.3) is 0 Å². The molecular formula is C19H22N2O4.